The summed E-state index contributed by atoms with van der Waals surface area (Å²) in [6.45, 7) is 2.95. The van der Waals surface area contributed by atoms with Gasteiger partial charge in [-0.05, 0) is 48.6 Å². The van der Waals surface area contributed by atoms with Gasteiger partial charge >= 0.3 is 5.97 Å². The number of hydrogen-bond acceptors (Lipinski definition) is 2. The van der Waals surface area contributed by atoms with Crippen molar-refractivity contribution in [2.24, 2.45) is 0 Å². The zero-order valence-electron chi connectivity index (χ0n) is 12.6. The summed E-state index contributed by atoms with van der Waals surface area (Å²) in [6.07, 6.45) is 2.42. The molecule has 1 fully saturated rings. The zero-order valence-corrected chi connectivity index (χ0v) is 12.6. The van der Waals surface area contributed by atoms with Crippen LogP contribution < -0.4 is 0 Å². The number of benzene rings is 2. The van der Waals surface area contributed by atoms with Gasteiger partial charge < -0.3 is 5.11 Å². The molecule has 3 rings (SSSR count). The topological polar surface area (TPSA) is 40.5 Å². The molecule has 22 heavy (non-hydrogen) atoms. The van der Waals surface area contributed by atoms with Gasteiger partial charge in [-0.2, -0.15) is 0 Å². The Kier molecular flexibility index (Phi) is 4.54. The fourth-order valence-corrected chi connectivity index (χ4v) is 3.26. The van der Waals surface area contributed by atoms with E-state index in [9.17, 15) is 4.79 Å². The molecule has 0 bridgehead atoms. The molecule has 0 spiro atoms. The number of carboxylic acids is 1. The molecule has 3 heteroatoms. The molecule has 1 saturated heterocycles. The fraction of sp³-hybridized carbons (Fsp3) is 0.316. The predicted octanol–water partition coefficient (Wildman–Crippen LogP) is 3.76. The highest BCUT2D eigenvalue weighted by atomic mass is 16.4. The highest BCUT2D eigenvalue weighted by molar-refractivity contribution is 5.87. The van der Waals surface area contributed by atoms with Crippen LogP contribution in [-0.2, 0) is 6.54 Å². The maximum atomic E-state index is 11.1. The van der Waals surface area contributed by atoms with Crippen LogP contribution in [0.15, 0.2) is 54.6 Å². The van der Waals surface area contributed by atoms with Crippen LogP contribution in [0, 0.1) is 0 Å². The Hall–Kier alpha value is -2.13. The monoisotopic (exact) mass is 295 g/mol. The Labute approximate surface area is 131 Å². The second kappa shape index (κ2) is 6.75. The van der Waals surface area contributed by atoms with E-state index in [-0.39, 0.29) is 0 Å². The first-order valence-electron chi connectivity index (χ1n) is 7.82. The fourth-order valence-electron chi connectivity index (χ4n) is 3.26. The van der Waals surface area contributed by atoms with Gasteiger partial charge in [0.2, 0.25) is 0 Å². The quantitative estimate of drug-likeness (QED) is 0.933. The van der Waals surface area contributed by atoms with Gasteiger partial charge in [-0.1, -0.05) is 42.5 Å². The van der Waals surface area contributed by atoms with Crippen LogP contribution in [0.2, 0.25) is 0 Å². The van der Waals surface area contributed by atoms with Gasteiger partial charge in [0.25, 0.3) is 0 Å². The highest BCUT2D eigenvalue weighted by Crippen LogP contribution is 2.27. The third-order valence-corrected chi connectivity index (χ3v) is 4.36. The summed E-state index contributed by atoms with van der Waals surface area (Å²) in [5.74, 6) is -0.278. The summed E-state index contributed by atoms with van der Waals surface area (Å²) >= 11 is 0. The molecule has 2 aromatic carbocycles. The summed E-state index contributed by atoms with van der Waals surface area (Å²) < 4.78 is 0. The van der Waals surface area contributed by atoms with E-state index in [4.69, 9.17) is 5.11 Å². The minimum Gasteiger partial charge on any atom is -0.478 e. The third-order valence-electron chi connectivity index (χ3n) is 4.36. The number of piperidine rings is 1. The summed E-state index contributed by atoms with van der Waals surface area (Å²) in [6, 6.07) is 18.0. The van der Waals surface area contributed by atoms with Crippen LogP contribution in [0.25, 0.3) is 0 Å². The van der Waals surface area contributed by atoms with Gasteiger partial charge in [-0.15, -0.1) is 0 Å². The molecule has 0 aliphatic carbocycles. The van der Waals surface area contributed by atoms with Crippen molar-refractivity contribution >= 4 is 5.97 Å². The molecule has 114 valence electrons. The second-order valence-electron chi connectivity index (χ2n) is 5.99. The number of likely N-dealkylation sites (tertiary alicyclic amines) is 1. The molecule has 1 N–H and O–H groups in total. The molecule has 1 unspecified atom stereocenters. The number of hydrogen-bond donors (Lipinski definition) is 1. The lowest BCUT2D eigenvalue weighted by atomic mass is 9.90. The average Bonchev–Trinajstić information content (AvgIpc) is 2.56. The molecule has 1 atom stereocenters. The Morgan fingerprint density at radius 3 is 2.73 bits per heavy atom. The largest absolute Gasteiger partial charge is 0.478 e. The molecule has 0 saturated carbocycles. The number of carbonyl (C=O) groups is 1. The molecule has 0 amide bonds. The molecule has 1 aliphatic rings. The van der Waals surface area contributed by atoms with Crippen molar-refractivity contribution in [1.29, 1.82) is 0 Å². The lowest BCUT2D eigenvalue weighted by Crippen LogP contribution is -2.33. The first-order chi connectivity index (χ1) is 10.7. The van der Waals surface area contributed by atoms with Gasteiger partial charge in [-0.25, -0.2) is 4.79 Å². The lowest BCUT2D eigenvalue weighted by Gasteiger charge is -2.33. The molecule has 0 aromatic heterocycles. The lowest BCUT2D eigenvalue weighted by molar-refractivity contribution is 0.0696. The van der Waals surface area contributed by atoms with E-state index in [2.05, 4.69) is 35.2 Å². The minimum absolute atomic E-state index is 0.370. The number of nitrogens with zero attached hydrogens (tertiary/aromatic N) is 1. The summed E-state index contributed by atoms with van der Waals surface area (Å²) in [7, 11) is 0. The molecule has 2 aromatic rings. The van der Waals surface area contributed by atoms with Crippen molar-refractivity contribution in [2.75, 3.05) is 13.1 Å². The van der Waals surface area contributed by atoms with Crippen molar-refractivity contribution in [1.82, 2.24) is 4.90 Å². The van der Waals surface area contributed by atoms with Gasteiger partial charge in [0.15, 0.2) is 0 Å². The second-order valence-corrected chi connectivity index (χ2v) is 5.99. The first kappa shape index (κ1) is 14.8. The summed E-state index contributed by atoms with van der Waals surface area (Å²) in [5, 5.41) is 9.09. The first-order valence-corrected chi connectivity index (χ1v) is 7.82. The SMILES string of the molecule is O=C(O)c1cccc(CN2CCCC(c3ccccc3)C2)c1. The van der Waals surface area contributed by atoms with Crippen molar-refractivity contribution in [3.8, 4) is 0 Å². The molecule has 0 radical (unpaired) electrons. The molecule has 3 nitrogen and oxygen atoms in total. The van der Waals surface area contributed by atoms with E-state index in [1.165, 1.54) is 18.4 Å². The molecular formula is C19H21NO2. The Morgan fingerprint density at radius 1 is 1.14 bits per heavy atom. The predicted molar refractivity (Wildman–Crippen MR) is 87.1 cm³/mol. The van der Waals surface area contributed by atoms with Crippen LogP contribution >= 0.6 is 0 Å². The third kappa shape index (κ3) is 3.55. The zero-order chi connectivity index (χ0) is 15.4. The normalized spacial score (nSPS) is 19.0. The van der Waals surface area contributed by atoms with Crippen molar-refractivity contribution in [3.63, 3.8) is 0 Å². The Balaban J connectivity index is 1.68. The number of aromatic carboxylic acids is 1. The standard InChI is InChI=1S/C19H21NO2/c21-19(22)17-9-4-6-15(12-17)13-20-11-5-10-18(14-20)16-7-2-1-3-8-16/h1-4,6-9,12,18H,5,10-11,13-14H2,(H,21,22). The highest BCUT2D eigenvalue weighted by Gasteiger charge is 2.21. The molecule has 1 aliphatic heterocycles. The van der Waals surface area contributed by atoms with E-state index in [1.54, 1.807) is 12.1 Å². The van der Waals surface area contributed by atoms with E-state index < -0.39 is 5.97 Å². The van der Waals surface area contributed by atoms with E-state index in [1.807, 2.05) is 12.1 Å². The van der Waals surface area contributed by atoms with Crippen LogP contribution in [0.4, 0.5) is 0 Å². The van der Waals surface area contributed by atoms with Crippen LogP contribution in [0.1, 0.15) is 40.2 Å². The van der Waals surface area contributed by atoms with E-state index >= 15 is 0 Å². The smallest absolute Gasteiger partial charge is 0.335 e. The van der Waals surface area contributed by atoms with E-state index in [0.29, 0.717) is 11.5 Å². The summed E-state index contributed by atoms with van der Waals surface area (Å²) in [5.41, 5.74) is 2.86. The van der Waals surface area contributed by atoms with Gasteiger partial charge in [0, 0.05) is 13.1 Å². The Bertz CT molecular complexity index is 639. The minimum atomic E-state index is -0.859. The molecule has 1 heterocycles. The number of rotatable bonds is 4. The van der Waals surface area contributed by atoms with Crippen LogP contribution in [0.5, 0.6) is 0 Å². The Morgan fingerprint density at radius 2 is 1.95 bits per heavy atom. The van der Waals surface area contributed by atoms with Crippen LogP contribution in [-0.4, -0.2) is 29.1 Å². The number of carboxylic acid groups (broad SMARTS) is 1. The van der Waals surface area contributed by atoms with Crippen molar-refractivity contribution in [2.45, 2.75) is 25.3 Å². The van der Waals surface area contributed by atoms with Gasteiger partial charge in [-0.3, -0.25) is 4.90 Å². The van der Waals surface area contributed by atoms with Crippen LogP contribution in [0.3, 0.4) is 0 Å². The molecular weight excluding hydrogens is 274 g/mol. The van der Waals surface area contributed by atoms with Crippen molar-refractivity contribution in [3.05, 3.63) is 71.3 Å². The van der Waals surface area contributed by atoms with Gasteiger partial charge in [0.05, 0.1) is 5.56 Å². The summed E-state index contributed by atoms with van der Waals surface area (Å²) in [4.78, 5) is 13.5. The average molecular weight is 295 g/mol. The van der Waals surface area contributed by atoms with Crippen molar-refractivity contribution < 1.29 is 9.90 Å². The van der Waals surface area contributed by atoms with Gasteiger partial charge in [0.1, 0.15) is 0 Å². The maximum absolute atomic E-state index is 11.1. The van der Waals surface area contributed by atoms with E-state index in [0.717, 1.165) is 25.2 Å². The maximum Gasteiger partial charge on any atom is 0.335 e.